The Morgan fingerprint density at radius 1 is 1.40 bits per heavy atom. The van der Waals surface area contributed by atoms with E-state index in [1.165, 1.54) is 0 Å². The van der Waals surface area contributed by atoms with Crippen LogP contribution in [-0.2, 0) is 28.9 Å². The summed E-state index contributed by atoms with van der Waals surface area (Å²) in [5.41, 5.74) is 0. The standard InChI is InChI=1S/C2H7O6PS/c1-6-9(3,7-2)8-10(4)5/h1-2H3,(H,4,5)/p-1. The second kappa shape index (κ2) is 4.17. The molecule has 0 aliphatic carbocycles. The first kappa shape index (κ1) is 10.2. The van der Waals surface area contributed by atoms with E-state index in [9.17, 15) is 13.3 Å². The predicted molar refractivity (Wildman–Crippen MR) is 31.6 cm³/mol. The molecule has 0 bridgehead atoms. The van der Waals surface area contributed by atoms with E-state index in [0.29, 0.717) is 0 Å². The van der Waals surface area contributed by atoms with E-state index in [1.807, 2.05) is 0 Å². The minimum absolute atomic E-state index is 1.01. The van der Waals surface area contributed by atoms with Crippen LogP contribution in [0.2, 0.25) is 0 Å². The van der Waals surface area contributed by atoms with Gasteiger partial charge < -0.3 is 4.55 Å². The van der Waals surface area contributed by atoms with Crippen LogP contribution in [0.25, 0.3) is 0 Å². The first-order valence-corrected chi connectivity index (χ1v) is 4.51. The van der Waals surface area contributed by atoms with E-state index in [-0.39, 0.29) is 0 Å². The topological polar surface area (TPSA) is 84.9 Å². The maximum atomic E-state index is 10.7. The second-order valence-electron chi connectivity index (χ2n) is 1.09. The monoisotopic (exact) mass is 189 g/mol. The van der Waals surface area contributed by atoms with Crippen molar-refractivity contribution in [3.8, 4) is 0 Å². The van der Waals surface area contributed by atoms with Crippen molar-refractivity contribution >= 4 is 19.2 Å². The fraction of sp³-hybridized carbons (Fsp3) is 1.00. The Hall–Kier alpha value is 0.220. The average molecular weight is 189 g/mol. The van der Waals surface area contributed by atoms with Gasteiger partial charge in [-0.15, -0.1) is 0 Å². The SMILES string of the molecule is COP(=O)(OC)OS(=O)[O-]. The molecule has 0 N–H and O–H groups in total. The minimum atomic E-state index is -3.85. The van der Waals surface area contributed by atoms with Crippen LogP contribution in [0, 0.1) is 0 Å². The third kappa shape index (κ3) is 3.40. The van der Waals surface area contributed by atoms with Gasteiger partial charge in [-0.1, -0.05) is 0 Å². The van der Waals surface area contributed by atoms with Crippen LogP contribution in [0.3, 0.4) is 0 Å². The molecule has 0 spiro atoms. The highest BCUT2D eigenvalue weighted by atomic mass is 32.2. The van der Waals surface area contributed by atoms with Gasteiger partial charge in [0.25, 0.3) is 0 Å². The smallest absolute Gasteiger partial charge is 0.486 e. The minimum Gasteiger partial charge on any atom is -0.749 e. The van der Waals surface area contributed by atoms with Crippen molar-refractivity contribution in [3.05, 3.63) is 0 Å². The summed E-state index contributed by atoms with van der Waals surface area (Å²) in [6, 6.07) is 0. The molecular weight excluding hydrogens is 183 g/mol. The zero-order valence-electron chi connectivity index (χ0n) is 5.30. The maximum Gasteiger partial charge on any atom is 0.486 e. The molecule has 0 radical (unpaired) electrons. The molecule has 0 heterocycles. The molecule has 0 aliphatic heterocycles. The van der Waals surface area contributed by atoms with Crippen molar-refractivity contribution < 1.29 is 26.3 Å². The van der Waals surface area contributed by atoms with Gasteiger partial charge in [-0.05, 0) is 0 Å². The molecule has 0 fully saturated rings. The molecule has 0 aromatic heterocycles. The lowest BCUT2D eigenvalue weighted by molar-refractivity contribution is 0.211. The van der Waals surface area contributed by atoms with E-state index < -0.39 is 19.2 Å². The molecule has 62 valence electrons. The van der Waals surface area contributed by atoms with Gasteiger partial charge in [-0.2, -0.15) is 3.97 Å². The summed E-state index contributed by atoms with van der Waals surface area (Å²) in [5, 5.41) is 0. The van der Waals surface area contributed by atoms with Gasteiger partial charge in [0.05, 0.1) is 11.4 Å². The van der Waals surface area contributed by atoms with Crippen LogP contribution in [-0.4, -0.2) is 23.0 Å². The van der Waals surface area contributed by atoms with Gasteiger partial charge in [-0.3, -0.25) is 9.05 Å². The van der Waals surface area contributed by atoms with Crippen molar-refractivity contribution in [2.24, 2.45) is 0 Å². The average Bonchev–Trinajstić information content (AvgIpc) is 1.87. The molecule has 0 rings (SSSR count). The summed E-state index contributed by atoms with van der Waals surface area (Å²) < 4.78 is 42.3. The Morgan fingerprint density at radius 2 is 1.80 bits per heavy atom. The summed E-state index contributed by atoms with van der Waals surface area (Å²) in [4.78, 5) is 0. The lowest BCUT2D eigenvalue weighted by atomic mass is 11.8. The summed E-state index contributed by atoms with van der Waals surface area (Å²) in [6.07, 6.45) is 0. The first-order valence-electron chi connectivity index (χ1n) is 2.05. The molecule has 0 aromatic carbocycles. The van der Waals surface area contributed by atoms with Crippen molar-refractivity contribution in [1.82, 2.24) is 0 Å². The molecule has 6 nitrogen and oxygen atoms in total. The number of hydrogen-bond acceptors (Lipinski definition) is 6. The van der Waals surface area contributed by atoms with Crippen molar-refractivity contribution in [3.63, 3.8) is 0 Å². The van der Waals surface area contributed by atoms with Crippen molar-refractivity contribution in [2.45, 2.75) is 0 Å². The fourth-order valence-electron chi connectivity index (χ4n) is 0.210. The first-order chi connectivity index (χ1) is 4.54. The van der Waals surface area contributed by atoms with Gasteiger partial charge in [0.15, 0.2) is 0 Å². The highest BCUT2D eigenvalue weighted by Crippen LogP contribution is 2.47. The molecule has 0 saturated carbocycles. The van der Waals surface area contributed by atoms with Crippen LogP contribution in [0.1, 0.15) is 0 Å². The Balaban J connectivity index is 4.07. The highest BCUT2D eigenvalue weighted by molar-refractivity contribution is 7.79. The zero-order valence-corrected chi connectivity index (χ0v) is 7.02. The molecule has 1 atom stereocenters. The van der Waals surface area contributed by atoms with Crippen LogP contribution in [0.15, 0.2) is 0 Å². The lowest BCUT2D eigenvalue weighted by Crippen LogP contribution is -1.97. The number of rotatable bonds is 4. The van der Waals surface area contributed by atoms with E-state index >= 15 is 0 Å². The number of hydrogen-bond donors (Lipinski definition) is 0. The van der Waals surface area contributed by atoms with Crippen LogP contribution >= 0.6 is 7.82 Å². The Bertz CT molecular complexity index is 159. The second-order valence-corrected chi connectivity index (χ2v) is 3.72. The van der Waals surface area contributed by atoms with Gasteiger partial charge in [-0.25, -0.2) is 8.77 Å². The zero-order chi connectivity index (χ0) is 8.20. The molecule has 0 aliphatic rings. The largest absolute Gasteiger partial charge is 0.749 e. The maximum absolute atomic E-state index is 10.7. The Morgan fingerprint density at radius 3 is 1.90 bits per heavy atom. The number of phosphoric acid groups is 1. The molecule has 1 unspecified atom stereocenters. The van der Waals surface area contributed by atoms with Gasteiger partial charge in [0, 0.05) is 14.2 Å². The van der Waals surface area contributed by atoms with E-state index in [4.69, 9.17) is 0 Å². The summed E-state index contributed by atoms with van der Waals surface area (Å²) in [7, 11) is -1.83. The fourth-order valence-corrected chi connectivity index (χ4v) is 1.44. The molecular formula is C2H6O6PS-. The highest BCUT2D eigenvalue weighted by Gasteiger charge is 2.23. The molecule has 10 heavy (non-hydrogen) atoms. The van der Waals surface area contributed by atoms with Crippen LogP contribution in [0.5, 0.6) is 0 Å². The van der Waals surface area contributed by atoms with E-state index in [0.717, 1.165) is 14.2 Å². The molecule has 8 heteroatoms. The van der Waals surface area contributed by atoms with Gasteiger partial charge in [0.2, 0.25) is 0 Å². The summed E-state index contributed by atoms with van der Waals surface area (Å²) >= 11 is -2.90. The van der Waals surface area contributed by atoms with Gasteiger partial charge in [0.1, 0.15) is 0 Å². The quantitative estimate of drug-likeness (QED) is 0.463. The Kier molecular flexibility index (Phi) is 4.26. The van der Waals surface area contributed by atoms with Crippen molar-refractivity contribution in [1.29, 1.82) is 0 Å². The third-order valence-electron chi connectivity index (χ3n) is 0.599. The Labute approximate surface area is 60.6 Å². The summed E-state index contributed by atoms with van der Waals surface area (Å²) in [5.74, 6) is 0. The van der Waals surface area contributed by atoms with E-state index in [2.05, 4.69) is 13.0 Å². The third-order valence-corrected chi connectivity index (χ3v) is 2.71. The van der Waals surface area contributed by atoms with Crippen LogP contribution in [0.4, 0.5) is 0 Å². The molecule has 0 aromatic rings. The van der Waals surface area contributed by atoms with E-state index in [1.54, 1.807) is 0 Å². The molecule has 0 saturated heterocycles. The van der Waals surface area contributed by atoms with Gasteiger partial charge >= 0.3 is 7.82 Å². The van der Waals surface area contributed by atoms with Crippen molar-refractivity contribution in [2.75, 3.05) is 14.2 Å². The summed E-state index contributed by atoms with van der Waals surface area (Å²) in [6.45, 7) is 0. The predicted octanol–water partition coefficient (Wildman–Crippen LogP) is 0.198. The van der Waals surface area contributed by atoms with Crippen LogP contribution < -0.4 is 0 Å². The lowest BCUT2D eigenvalue weighted by Gasteiger charge is -2.13. The molecule has 0 amide bonds. The number of phosphoric ester groups is 1. The normalized spacial score (nSPS) is 15.1.